The van der Waals surface area contributed by atoms with Crippen molar-refractivity contribution in [2.45, 2.75) is 25.6 Å². The molecule has 0 aliphatic carbocycles. The van der Waals surface area contributed by atoms with Gasteiger partial charge in [0.15, 0.2) is 11.5 Å². The Bertz CT molecular complexity index is 394. The number of hydrogen-bond donors (Lipinski definition) is 1. The van der Waals surface area contributed by atoms with Gasteiger partial charge in [-0.3, -0.25) is 0 Å². The van der Waals surface area contributed by atoms with Crippen molar-refractivity contribution < 1.29 is 14.6 Å². The molecule has 0 amide bonds. The predicted octanol–water partition coefficient (Wildman–Crippen LogP) is 2.42. The van der Waals surface area contributed by atoms with Crippen molar-refractivity contribution in [1.29, 1.82) is 0 Å². The van der Waals surface area contributed by atoms with Crippen LogP contribution in [0.25, 0.3) is 0 Å². The second-order valence-corrected chi connectivity index (χ2v) is 5.75. The van der Waals surface area contributed by atoms with E-state index < -0.39 is 5.60 Å². The van der Waals surface area contributed by atoms with E-state index in [0.29, 0.717) is 11.5 Å². The van der Waals surface area contributed by atoms with Gasteiger partial charge >= 0.3 is 0 Å². The third kappa shape index (κ3) is 2.69. The minimum absolute atomic E-state index is 0.234. The summed E-state index contributed by atoms with van der Waals surface area (Å²) in [5.74, 6) is 3.36. The highest BCUT2D eigenvalue weighted by atomic mass is 32.2. The normalized spacial score (nSPS) is 16.5. The zero-order valence-corrected chi connectivity index (χ0v) is 11.2. The van der Waals surface area contributed by atoms with Gasteiger partial charge in [-0.2, -0.15) is 11.8 Å². The van der Waals surface area contributed by atoms with E-state index in [2.05, 4.69) is 0 Å². The molecule has 3 nitrogen and oxygen atoms in total. The molecule has 0 atom stereocenters. The molecule has 2 rings (SSSR count). The first-order chi connectivity index (χ1) is 8.02. The summed E-state index contributed by atoms with van der Waals surface area (Å²) in [7, 11) is 1.62. The van der Waals surface area contributed by atoms with Crippen LogP contribution < -0.4 is 9.47 Å². The lowest BCUT2D eigenvalue weighted by Crippen LogP contribution is -2.32. The first-order valence-electron chi connectivity index (χ1n) is 5.66. The van der Waals surface area contributed by atoms with E-state index in [9.17, 15) is 5.11 Å². The van der Waals surface area contributed by atoms with Crippen molar-refractivity contribution in [3.05, 3.63) is 23.8 Å². The Morgan fingerprint density at radius 2 is 2.06 bits per heavy atom. The monoisotopic (exact) mass is 254 g/mol. The molecular formula is C13H18O3S. The quantitative estimate of drug-likeness (QED) is 0.895. The average Bonchev–Trinajstić information content (AvgIpc) is 2.21. The van der Waals surface area contributed by atoms with Crippen molar-refractivity contribution in [3.63, 3.8) is 0 Å². The second kappa shape index (κ2) is 4.78. The molecular weight excluding hydrogens is 236 g/mol. The third-order valence-electron chi connectivity index (χ3n) is 2.75. The van der Waals surface area contributed by atoms with Gasteiger partial charge in [0.2, 0.25) is 0 Å². The molecule has 94 valence electrons. The third-order valence-corrected chi connectivity index (χ3v) is 3.96. The standard InChI is InChI=1S/C13H18O3S/c1-13(2,14)10-5-4-6-11(15-3)12(10)16-9-7-17-8-9/h4-6,9,14H,7-8H2,1-3H3. The Hall–Kier alpha value is -0.870. The lowest BCUT2D eigenvalue weighted by Gasteiger charge is -2.30. The first-order valence-corrected chi connectivity index (χ1v) is 6.82. The number of aliphatic hydroxyl groups is 1. The summed E-state index contributed by atoms with van der Waals surface area (Å²) in [6, 6.07) is 5.61. The van der Waals surface area contributed by atoms with Crippen LogP contribution in [0.5, 0.6) is 11.5 Å². The van der Waals surface area contributed by atoms with Crippen LogP contribution in [0.4, 0.5) is 0 Å². The van der Waals surface area contributed by atoms with E-state index in [1.807, 2.05) is 30.0 Å². The van der Waals surface area contributed by atoms with Crippen LogP contribution in [-0.2, 0) is 5.60 Å². The fraction of sp³-hybridized carbons (Fsp3) is 0.538. The van der Waals surface area contributed by atoms with E-state index in [4.69, 9.17) is 9.47 Å². The average molecular weight is 254 g/mol. The maximum atomic E-state index is 10.2. The zero-order chi connectivity index (χ0) is 12.5. The maximum absolute atomic E-state index is 10.2. The summed E-state index contributed by atoms with van der Waals surface area (Å²) in [5.41, 5.74) is -0.158. The highest BCUT2D eigenvalue weighted by molar-refractivity contribution is 8.00. The molecule has 4 heteroatoms. The molecule has 1 saturated heterocycles. The number of thioether (sulfide) groups is 1. The summed E-state index contributed by atoms with van der Waals surface area (Å²) < 4.78 is 11.2. The molecule has 1 N–H and O–H groups in total. The predicted molar refractivity (Wildman–Crippen MR) is 70.0 cm³/mol. The van der Waals surface area contributed by atoms with E-state index in [1.54, 1.807) is 21.0 Å². The van der Waals surface area contributed by atoms with Gasteiger partial charge < -0.3 is 14.6 Å². The van der Waals surface area contributed by atoms with Crippen LogP contribution in [0.15, 0.2) is 18.2 Å². The van der Waals surface area contributed by atoms with Gasteiger partial charge in [0.05, 0.1) is 12.7 Å². The van der Waals surface area contributed by atoms with Crippen molar-refractivity contribution >= 4 is 11.8 Å². The first kappa shape index (κ1) is 12.6. The van der Waals surface area contributed by atoms with Gasteiger partial charge in [-0.15, -0.1) is 0 Å². The van der Waals surface area contributed by atoms with Crippen LogP contribution in [0, 0.1) is 0 Å². The summed E-state index contributed by atoms with van der Waals surface area (Å²) in [5, 5.41) is 10.2. The Labute approximate surface area is 106 Å². The molecule has 0 bridgehead atoms. The minimum Gasteiger partial charge on any atom is -0.493 e. The van der Waals surface area contributed by atoms with E-state index in [0.717, 1.165) is 17.1 Å². The number of para-hydroxylation sites is 1. The molecule has 1 aliphatic rings. The molecule has 0 aromatic heterocycles. The Balaban J connectivity index is 2.36. The largest absolute Gasteiger partial charge is 0.493 e. The fourth-order valence-corrected chi connectivity index (χ4v) is 2.29. The number of ether oxygens (including phenoxy) is 2. The van der Waals surface area contributed by atoms with Crippen molar-refractivity contribution in [2.24, 2.45) is 0 Å². The van der Waals surface area contributed by atoms with Crippen LogP contribution in [0.3, 0.4) is 0 Å². The molecule has 0 spiro atoms. The smallest absolute Gasteiger partial charge is 0.167 e. The Morgan fingerprint density at radius 3 is 2.53 bits per heavy atom. The highest BCUT2D eigenvalue weighted by Gasteiger charge is 2.28. The van der Waals surface area contributed by atoms with Crippen LogP contribution in [0.2, 0.25) is 0 Å². The zero-order valence-electron chi connectivity index (χ0n) is 10.4. The number of hydrogen-bond acceptors (Lipinski definition) is 4. The maximum Gasteiger partial charge on any atom is 0.167 e. The fourth-order valence-electron chi connectivity index (χ4n) is 1.73. The summed E-state index contributed by atoms with van der Waals surface area (Å²) in [4.78, 5) is 0. The summed E-state index contributed by atoms with van der Waals surface area (Å²) in [6.07, 6.45) is 0.234. The SMILES string of the molecule is COc1cccc(C(C)(C)O)c1OC1CSC1. The molecule has 1 aromatic carbocycles. The van der Waals surface area contributed by atoms with Gasteiger partial charge in [0.25, 0.3) is 0 Å². The molecule has 0 unspecified atom stereocenters. The topological polar surface area (TPSA) is 38.7 Å². The molecule has 1 fully saturated rings. The van der Waals surface area contributed by atoms with Crippen LogP contribution >= 0.6 is 11.8 Å². The van der Waals surface area contributed by atoms with Gasteiger partial charge in [-0.1, -0.05) is 12.1 Å². The Kier molecular flexibility index (Phi) is 3.54. The summed E-state index contributed by atoms with van der Waals surface area (Å²) in [6.45, 7) is 3.51. The summed E-state index contributed by atoms with van der Waals surface area (Å²) >= 11 is 1.86. The number of rotatable bonds is 4. The van der Waals surface area contributed by atoms with Gasteiger partial charge in [-0.25, -0.2) is 0 Å². The minimum atomic E-state index is -0.930. The Morgan fingerprint density at radius 1 is 1.35 bits per heavy atom. The molecule has 0 saturated carbocycles. The van der Waals surface area contributed by atoms with Crippen LogP contribution in [0.1, 0.15) is 19.4 Å². The molecule has 1 aliphatic heterocycles. The van der Waals surface area contributed by atoms with E-state index in [-0.39, 0.29) is 6.10 Å². The molecule has 1 heterocycles. The van der Waals surface area contributed by atoms with Gasteiger partial charge in [-0.05, 0) is 19.9 Å². The van der Waals surface area contributed by atoms with Gasteiger partial charge in [0.1, 0.15) is 6.10 Å². The molecule has 17 heavy (non-hydrogen) atoms. The van der Waals surface area contributed by atoms with Crippen molar-refractivity contribution in [1.82, 2.24) is 0 Å². The molecule has 0 radical (unpaired) electrons. The van der Waals surface area contributed by atoms with Crippen LogP contribution in [-0.4, -0.2) is 29.8 Å². The molecule has 1 aromatic rings. The highest BCUT2D eigenvalue weighted by Crippen LogP contribution is 2.39. The second-order valence-electron chi connectivity index (χ2n) is 4.67. The lowest BCUT2D eigenvalue weighted by atomic mass is 9.97. The van der Waals surface area contributed by atoms with E-state index in [1.165, 1.54) is 0 Å². The van der Waals surface area contributed by atoms with Crippen molar-refractivity contribution in [3.8, 4) is 11.5 Å². The van der Waals surface area contributed by atoms with E-state index >= 15 is 0 Å². The van der Waals surface area contributed by atoms with Gasteiger partial charge in [0, 0.05) is 17.1 Å². The number of benzene rings is 1. The number of methoxy groups -OCH3 is 1. The van der Waals surface area contributed by atoms with Crippen molar-refractivity contribution in [2.75, 3.05) is 18.6 Å². The lowest BCUT2D eigenvalue weighted by molar-refractivity contribution is 0.0724.